The van der Waals surface area contributed by atoms with Crippen LogP contribution in [0.25, 0.3) is 0 Å². The van der Waals surface area contributed by atoms with Crippen molar-refractivity contribution in [3.8, 4) is 5.75 Å². The predicted octanol–water partition coefficient (Wildman–Crippen LogP) is 2.63. The zero-order valence-corrected chi connectivity index (χ0v) is 18.1. The van der Waals surface area contributed by atoms with E-state index in [-0.39, 0.29) is 37.0 Å². The van der Waals surface area contributed by atoms with Gasteiger partial charge in [0, 0.05) is 29.8 Å². The Morgan fingerprint density at radius 3 is 2.73 bits per heavy atom. The van der Waals surface area contributed by atoms with Gasteiger partial charge in [-0.25, -0.2) is 4.79 Å². The number of ether oxygens (including phenoxy) is 2. The average Bonchev–Trinajstić information content (AvgIpc) is 3.25. The molecule has 0 spiro atoms. The van der Waals surface area contributed by atoms with Crippen LogP contribution in [0.4, 0.5) is 5.69 Å². The third-order valence-electron chi connectivity index (χ3n) is 5.54. The van der Waals surface area contributed by atoms with Crippen molar-refractivity contribution in [2.75, 3.05) is 38.3 Å². The van der Waals surface area contributed by atoms with E-state index in [2.05, 4.69) is 15.9 Å². The molecule has 1 aromatic heterocycles. The van der Waals surface area contributed by atoms with E-state index in [0.29, 0.717) is 30.2 Å². The highest BCUT2D eigenvalue weighted by Gasteiger charge is 2.31. The van der Waals surface area contributed by atoms with E-state index in [1.54, 1.807) is 23.1 Å². The van der Waals surface area contributed by atoms with Crippen LogP contribution in [0.5, 0.6) is 5.75 Å². The van der Waals surface area contributed by atoms with Crippen LogP contribution in [0.3, 0.4) is 0 Å². The summed E-state index contributed by atoms with van der Waals surface area (Å²) in [6.45, 7) is 1.03. The number of nitrogens with zero attached hydrogens (tertiary/aromatic N) is 3. The van der Waals surface area contributed by atoms with Gasteiger partial charge >= 0.3 is 5.97 Å². The lowest BCUT2D eigenvalue weighted by molar-refractivity contribution is -0.133. The van der Waals surface area contributed by atoms with Crippen LogP contribution in [-0.2, 0) is 14.3 Å². The molecular weight excluding hydrogens is 454 g/mol. The van der Waals surface area contributed by atoms with E-state index in [9.17, 15) is 14.4 Å². The van der Waals surface area contributed by atoms with Crippen LogP contribution in [0.15, 0.2) is 41.0 Å². The van der Waals surface area contributed by atoms with Crippen molar-refractivity contribution in [2.45, 2.75) is 18.9 Å². The smallest absolute Gasteiger partial charge is 0.354 e. The lowest BCUT2D eigenvalue weighted by Crippen LogP contribution is -2.48. The largest absolute Gasteiger partial charge is 0.482 e. The van der Waals surface area contributed by atoms with E-state index in [4.69, 9.17) is 9.47 Å². The van der Waals surface area contributed by atoms with Crippen molar-refractivity contribution in [3.63, 3.8) is 0 Å². The number of aromatic nitrogens is 1. The molecule has 1 saturated heterocycles. The molecule has 4 rings (SSSR count). The molecule has 30 heavy (non-hydrogen) atoms. The van der Waals surface area contributed by atoms with E-state index < -0.39 is 0 Å². The van der Waals surface area contributed by atoms with Crippen LogP contribution in [-0.4, -0.2) is 60.6 Å². The monoisotopic (exact) mass is 475 g/mol. The molecule has 2 aromatic rings. The number of esters is 1. The van der Waals surface area contributed by atoms with Crippen molar-refractivity contribution in [1.29, 1.82) is 0 Å². The van der Waals surface area contributed by atoms with E-state index >= 15 is 0 Å². The summed E-state index contributed by atoms with van der Waals surface area (Å²) < 4.78 is 13.1. The highest BCUT2D eigenvalue weighted by molar-refractivity contribution is 9.10. The third kappa shape index (κ3) is 3.94. The topological polar surface area (TPSA) is 81.1 Å². The summed E-state index contributed by atoms with van der Waals surface area (Å²) in [5.74, 6) is -0.116. The highest BCUT2D eigenvalue weighted by Crippen LogP contribution is 2.34. The first kappa shape index (κ1) is 20.5. The Bertz CT molecular complexity index is 981. The first-order chi connectivity index (χ1) is 14.5. The minimum atomic E-state index is -0.366. The SMILES string of the molecule is COC(=O)c1cccn1C1CCN(C(=O)CN2C(=O)COc3cc(Br)ccc32)CC1. The zero-order chi connectivity index (χ0) is 21.3. The summed E-state index contributed by atoms with van der Waals surface area (Å²) >= 11 is 3.39. The van der Waals surface area contributed by atoms with Gasteiger partial charge in [0.15, 0.2) is 6.61 Å². The Kier molecular flexibility index (Phi) is 5.80. The van der Waals surface area contributed by atoms with Crippen molar-refractivity contribution >= 4 is 39.4 Å². The first-order valence-electron chi connectivity index (χ1n) is 9.73. The van der Waals surface area contributed by atoms with Gasteiger partial charge in [0.25, 0.3) is 5.91 Å². The number of carbonyl (C=O) groups excluding carboxylic acids is 3. The van der Waals surface area contributed by atoms with Crippen LogP contribution in [0.1, 0.15) is 29.4 Å². The summed E-state index contributed by atoms with van der Waals surface area (Å²) in [5.41, 5.74) is 1.12. The molecular formula is C21H22BrN3O5. The number of methoxy groups -OCH3 is 1. The highest BCUT2D eigenvalue weighted by atomic mass is 79.9. The van der Waals surface area contributed by atoms with Gasteiger partial charge in [-0.05, 0) is 43.2 Å². The molecule has 0 bridgehead atoms. The minimum absolute atomic E-state index is 0.0155. The Balaban J connectivity index is 1.40. The summed E-state index contributed by atoms with van der Waals surface area (Å²) in [5, 5.41) is 0. The van der Waals surface area contributed by atoms with Crippen molar-refractivity contribution in [1.82, 2.24) is 9.47 Å². The molecule has 0 unspecified atom stereocenters. The van der Waals surface area contributed by atoms with E-state index in [1.807, 2.05) is 22.9 Å². The lowest BCUT2D eigenvalue weighted by atomic mass is 10.0. The molecule has 1 fully saturated rings. The lowest BCUT2D eigenvalue weighted by Gasteiger charge is -2.35. The molecule has 2 aliphatic rings. The average molecular weight is 476 g/mol. The second kappa shape index (κ2) is 8.51. The quantitative estimate of drug-likeness (QED) is 0.634. The van der Waals surface area contributed by atoms with Gasteiger partial charge in [-0.2, -0.15) is 0 Å². The summed E-state index contributed by atoms with van der Waals surface area (Å²) in [6.07, 6.45) is 3.33. The number of amides is 2. The Morgan fingerprint density at radius 2 is 2.00 bits per heavy atom. The molecule has 0 aliphatic carbocycles. The van der Waals surface area contributed by atoms with Gasteiger partial charge in [-0.3, -0.25) is 14.5 Å². The summed E-state index contributed by atoms with van der Waals surface area (Å²) in [4.78, 5) is 40.5. The van der Waals surface area contributed by atoms with Gasteiger partial charge in [-0.15, -0.1) is 0 Å². The number of benzene rings is 1. The Morgan fingerprint density at radius 1 is 1.23 bits per heavy atom. The summed E-state index contributed by atoms with van der Waals surface area (Å²) in [6, 6.07) is 9.07. The molecule has 0 N–H and O–H groups in total. The minimum Gasteiger partial charge on any atom is -0.482 e. The normalized spacial score (nSPS) is 16.8. The number of anilines is 1. The maximum Gasteiger partial charge on any atom is 0.354 e. The number of rotatable bonds is 4. The van der Waals surface area contributed by atoms with Crippen molar-refractivity contribution in [2.24, 2.45) is 0 Å². The Hall–Kier alpha value is -2.81. The van der Waals surface area contributed by atoms with Gasteiger partial charge in [-0.1, -0.05) is 15.9 Å². The third-order valence-corrected chi connectivity index (χ3v) is 6.04. The van der Waals surface area contributed by atoms with Gasteiger partial charge in [0.2, 0.25) is 5.91 Å². The molecule has 0 saturated carbocycles. The molecule has 9 heteroatoms. The van der Waals surface area contributed by atoms with Crippen LogP contribution in [0, 0.1) is 0 Å². The second-order valence-electron chi connectivity index (χ2n) is 7.28. The van der Waals surface area contributed by atoms with E-state index in [0.717, 1.165) is 17.3 Å². The fourth-order valence-electron chi connectivity index (χ4n) is 3.97. The number of carbonyl (C=O) groups is 3. The molecule has 2 aliphatic heterocycles. The number of halogens is 1. The standard InChI is InChI=1S/C21H22BrN3O5/c1-29-21(28)17-3-2-8-24(17)15-6-9-23(10-7-15)19(26)12-25-16-5-4-14(22)11-18(16)30-13-20(25)27/h2-5,8,11,15H,6-7,9-10,12-13H2,1H3. The zero-order valence-electron chi connectivity index (χ0n) is 16.5. The van der Waals surface area contributed by atoms with Gasteiger partial charge < -0.3 is 18.9 Å². The fraction of sp³-hybridized carbons (Fsp3) is 0.381. The van der Waals surface area contributed by atoms with E-state index in [1.165, 1.54) is 12.0 Å². The van der Waals surface area contributed by atoms with Crippen molar-refractivity contribution in [3.05, 3.63) is 46.7 Å². The van der Waals surface area contributed by atoms with Crippen molar-refractivity contribution < 1.29 is 23.9 Å². The first-order valence-corrected chi connectivity index (χ1v) is 10.5. The molecule has 8 nitrogen and oxygen atoms in total. The van der Waals surface area contributed by atoms with Crippen LogP contribution < -0.4 is 9.64 Å². The molecule has 0 atom stereocenters. The number of piperidine rings is 1. The molecule has 2 amide bonds. The van der Waals surface area contributed by atoms with Crippen LogP contribution >= 0.6 is 15.9 Å². The number of hydrogen-bond acceptors (Lipinski definition) is 5. The van der Waals surface area contributed by atoms with Gasteiger partial charge in [0.05, 0.1) is 12.8 Å². The summed E-state index contributed by atoms with van der Waals surface area (Å²) in [7, 11) is 1.37. The number of likely N-dealkylation sites (tertiary alicyclic amines) is 1. The fourth-order valence-corrected chi connectivity index (χ4v) is 4.31. The molecule has 1 aromatic carbocycles. The second-order valence-corrected chi connectivity index (χ2v) is 8.20. The van der Waals surface area contributed by atoms with Crippen LogP contribution in [0.2, 0.25) is 0 Å². The molecule has 3 heterocycles. The maximum absolute atomic E-state index is 12.9. The Labute approximate surface area is 182 Å². The number of hydrogen-bond donors (Lipinski definition) is 0. The van der Waals surface area contributed by atoms with Gasteiger partial charge in [0.1, 0.15) is 18.0 Å². The molecule has 0 radical (unpaired) electrons. The predicted molar refractivity (Wildman–Crippen MR) is 113 cm³/mol. The number of fused-ring (bicyclic) bond motifs is 1. The molecule has 158 valence electrons. The maximum atomic E-state index is 12.9.